The Morgan fingerprint density at radius 1 is 1.46 bits per heavy atom. The number of carbonyl (C=O) groups excluding carboxylic acids is 1. The summed E-state index contributed by atoms with van der Waals surface area (Å²) in [5, 5.41) is 0. The molecule has 0 radical (unpaired) electrons. The lowest BCUT2D eigenvalue weighted by atomic mass is 9.69. The molecular weight excluding hydrogens is 164 g/mol. The molecule has 3 fully saturated rings. The minimum absolute atomic E-state index is 0.0167. The number of carbonyl (C=O) groups is 1. The molecule has 0 aromatic rings. The Kier molecular flexibility index (Phi) is 1.44. The van der Waals surface area contributed by atoms with E-state index in [-0.39, 0.29) is 5.41 Å². The Morgan fingerprint density at radius 2 is 2.31 bits per heavy atom. The van der Waals surface area contributed by atoms with Crippen molar-refractivity contribution >= 4 is 5.78 Å². The smallest absolute Gasteiger partial charge is 0.167 e. The van der Waals surface area contributed by atoms with Gasteiger partial charge in [0.25, 0.3) is 0 Å². The zero-order valence-corrected chi connectivity index (χ0v) is 8.08. The van der Waals surface area contributed by atoms with Crippen LogP contribution in [0.15, 0.2) is 0 Å². The van der Waals surface area contributed by atoms with Crippen LogP contribution in [0.4, 0.5) is 0 Å². The van der Waals surface area contributed by atoms with Gasteiger partial charge in [0.05, 0.1) is 12.0 Å². The predicted octanol–water partition coefficient (Wildman–Crippen LogP) is 1.64. The molecule has 2 heteroatoms. The van der Waals surface area contributed by atoms with Crippen LogP contribution >= 0.6 is 0 Å². The molecule has 2 nitrogen and oxygen atoms in total. The van der Waals surface area contributed by atoms with Gasteiger partial charge in [-0.05, 0) is 37.0 Å². The fraction of sp³-hybridized carbons (Fsp3) is 0.909. The van der Waals surface area contributed by atoms with E-state index >= 15 is 0 Å². The fourth-order valence-corrected chi connectivity index (χ4v) is 3.77. The number of fused-ring (bicyclic) bond motifs is 3. The van der Waals surface area contributed by atoms with Gasteiger partial charge in [-0.2, -0.15) is 0 Å². The zero-order chi connectivity index (χ0) is 9.05. The average Bonchev–Trinajstić information content (AvgIpc) is 2.70. The van der Waals surface area contributed by atoms with E-state index in [2.05, 4.69) is 6.92 Å². The molecule has 1 heterocycles. The maximum atomic E-state index is 11.8. The van der Waals surface area contributed by atoms with Gasteiger partial charge in [0, 0.05) is 0 Å². The minimum atomic E-state index is -0.0167. The molecule has 0 amide bonds. The molecule has 0 aromatic carbocycles. The summed E-state index contributed by atoms with van der Waals surface area (Å²) < 4.78 is 5.33. The molecule has 0 aromatic heterocycles. The second-order valence-corrected chi connectivity index (χ2v) is 5.18. The molecule has 1 aliphatic heterocycles. The second-order valence-electron chi connectivity index (χ2n) is 5.18. The van der Waals surface area contributed by atoms with Gasteiger partial charge in [0.1, 0.15) is 6.61 Å². The zero-order valence-electron chi connectivity index (χ0n) is 8.08. The van der Waals surface area contributed by atoms with Crippen molar-refractivity contribution in [2.75, 3.05) is 13.2 Å². The van der Waals surface area contributed by atoms with Gasteiger partial charge in [-0.25, -0.2) is 0 Å². The summed E-state index contributed by atoms with van der Waals surface area (Å²) in [5.74, 6) is 2.72. The van der Waals surface area contributed by atoms with Crippen LogP contribution in [0.5, 0.6) is 0 Å². The quantitative estimate of drug-likeness (QED) is 0.566. The normalized spacial score (nSPS) is 53.9. The third kappa shape index (κ3) is 0.850. The third-order valence-corrected chi connectivity index (χ3v) is 4.60. The summed E-state index contributed by atoms with van der Waals surface area (Å²) in [5.41, 5.74) is -0.0167. The summed E-state index contributed by atoms with van der Waals surface area (Å²) in [6, 6.07) is 0. The predicted molar refractivity (Wildman–Crippen MR) is 48.3 cm³/mol. The largest absolute Gasteiger partial charge is 0.373 e. The molecule has 3 aliphatic rings. The number of rotatable bonds is 0. The molecular formula is C11H16O2. The Morgan fingerprint density at radius 3 is 2.77 bits per heavy atom. The van der Waals surface area contributed by atoms with Gasteiger partial charge in [-0.1, -0.05) is 6.92 Å². The first-order valence-electron chi connectivity index (χ1n) is 5.33. The van der Waals surface area contributed by atoms with E-state index in [1.165, 1.54) is 12.8 Å². The highest BCUT2D eigenvalue weighted by Crippen LogP contribution is 2.59. The van der Waals surface area contributed by atoms with Crippen molar-refractivity contribution in [1.29, 1.82) is 0 Å². The summed E-state index contributed by atoms with van der Waals surface area (Å²) in [4.78, 5) is 11.8. The SMILES string of the molecule is C[C@H]1CC2CC1CC21COCC1=O. The summed E-state index contributed by atoms with van der Waals surface area (Å²) >= 11 is 0. The van der Waals surface area contributed by atoms with Gasteiger partial charge in [0.15, 0.2) is 5.78 Å². The van der Waals surface area contributed by atoms with Crippen LogP contribution in [0.2, 0.25) is 0 Å². The van der Waals surface area contributed by atoms with E-state index in [0.29, 0.717) is 18.3 Å². The van der Waals surface area contributed by atoms with E-state index < -0.39 is 0 Å². The molecule has 3 unspecified atom stereocenters. The number of Topliss-reactive ketones (excluding diaryl/α,β-unsaturated/α-hetero) is 1. The van der Waals surface area contributed by atoms with Crippen molar-refractivity contribution in [2.45, 2.75) is 26.2 Å². The Labute approximate surface area is 78.6 Å². The minimum Gasteiger partial charge on any atom is -0.373 e. The lowest BCUT2D eigenvalue weighted by Crippen LogP contribution is -2.37. The summed E-state index contributed by atoms with van der Waals surface area (Å²) in [7, 11) is 0. The van der Waals surface area contributed by atoms with E-state index in [4.69, 9.17) is 4.74 Å². The van der Waals surface area contributed by atoms with Crippen LogP contribution in [0.25, 0.3) is 0 Å². The highest BCUT2D eigenvalue weighted by molar-refractivity contribution is 5.88. The Bertz CT molecular complexity index is 259. The lowest BCUT2D eigenvalue weighted by Gasteiger charge is -2.32. The van der Waals surface area contributed by atoms with E-state index in [1.807, 2.05) is 0 Å². The topological polar surface area (TPSA) is 26.3 Å². The van der Waals surface area contributed by atoms with Crippen molar-refractivity contribution in [3.63, 3.8) is 0 Å². The maximum absolute atomic E-state index is 11.8. The molecule has 4 atom stereocenters. The van der Waals surface area contributed by atoms with Crippen LogP contribution in [0.1, 0.15) is 26.2 Å². The third-order valence-electron chi connectivity index (χ3n) is 4.60. The standard InChI is InChI=1S/C11H16O2/c1-7-2-9-3-8(7)4-11(9)6-13-5-10(11)12/h7-9H,2-6H2,1H3/t7-,8?,9?,11?/m0/s1. The molecule has 2 aliphatic carbocycles. The number of hydrogen-bond acceptors (Lipinski definition) is 2. The Balaban J connectivity index is 1.92. The van der Waals surface area contributed by atoms with Gasteiger partial charge in [-0.15, -0.1) is 0 Å². The fourth-order valence-electron chi connectivity index (χ4n) is 3.77. The van der Waals surface area contributed by atoms with Crippen LogP contribution < -0.4 is 0 Å². The van der Waals surface area contributed by atoms with E-state index in [0.717, 1.165) is 24.9 Å². The van der Waals surface area contributed by atoms with Gasteiger partial charge >= 0.3 is 0 Å². The first-order chi connectivity index (χ1) is 6.22. The second kappa shape index (κ2) is 2.35. The van der Waals surface area contributed by atoms with Gasteiger partial charge in [0.2, 0.25) is 0 Å². The highest BCUT2D eigenvalue weighted by atomic mass is 16.5. The molecule has 2 saturated carbocycles. The molecule has 3 rings (SSSR count). The van der Waals surface area contributed by atoms with Crippen molar-refractivity contribution in [2.24, 2.45) is 23.2 Å². The van der Waals surface area contributed by atoms with Crippen LogP contribution in [-0.4, -0.2) is 19.0 Å². The van der Waals surface area contributed by atoms with Crippen molar-refractivity contribution in [3.05, 3.63) is 0 Å². The van der Waals surface area contributed by atoms with E-state index in [9.17, 15) is 4.79 Å². The van der Waals surface area contributed by atoms with E-state index in [1.54, 1.807) is 0 Å². The van der Waals surface area contributed by atoms with Crippen LogP contribution in [0.3, 0.4) is 0 Å². The monoisotopic (exact) mass is 180 g/mol. The first kappa shape index (κ1) is 7.98. The lowest BCUT2D eigenvalue weighted by molar-refractivity contribution is -0.127. The Hall–Kier alpha value is -0.370. The first-order valence-corrected chi connectivity index (χ1v) is 5.33. The summed E-state index contributed by atoms with van der Waals surface area (Å²) in [6.45, 7) is 3.44. The van der Waals surface area contributed by atoms with Crippen molar-refractivity contribution < 1.29 is 9.53 Å². The van der Waals surface area contributed by atoms with Gasteiger partial charge < -0.3 is 4.74 Å². The number of hydrogen-bond donors (Lipinski definition) is 0. The molecule has 72 valence electrons. The number of ether oxygens (including phenoxy) is 1. The number of ketones is 1. The molecule has 1 saturated heterocycles. The van der Waals surface area contributed by atoms with Crippen LogP contribution in [0, 0.1) is 23.2 Å². The molecule has 2 bridgehead atoms. The van der Waals surface area contributed by atoms with Crippen molar-refractivity contribution in [1.82, 2.24) is 0 Å². The highest BCUT2D eigenvalue weighted by Gasteiger charge is 2.59. The molecule has 0 N–H and O–H groups in total. The molecule has 1 spiro atoms. The maximum Gasteiger partial charge on any atom is 0.167 e. The van der Waals surface area contributed by atoms with Crippen LogP contribution in [-0.2, 0) is 9.53 Å². The van der Waals surface area contributed by atoms with Crippen molar-refractivity contribution in [3.8, 4) is 0 Å². The van der Waals surface area contributed by atoms with Gasteiger partial charge in [-0.3, -0.25) is 4.79 Å². The molecule has 13 heavy (non-hydrogen) atoms. The average molecular weight is 180 g/mol. The summed E-state index contributed by atoms with van der Waals surface area (Å²) in [6.07, 6.45) is 3.67.